The third kappa shape index (κ3) is 4.87. The summed E-state index contributed by atoms with van der Waals surface area (Å²) in [7, 11) is 0. The summed E-state index contributed by atoms with van der Waals surface area (Å²) < 4.78 is 51.5. The van der Waals surface area contributed by atoms with E-state index in [2.05, 4.69) is 10.2 Å². The van der Waals surface area contributed by atoms with Crippen LogP contribution in [0.3, 0.4) is 0 Å². The fourth-order valence-electron chi connectivity index (χ4n) is 3.45. The first-order chi connectivity index (χ1) is 14.7. The van der Waals surface area contributed by atoms with Gasteiger partial charge in [0.15, 0.2) is 5.16 Å². The van der Waals surface area contributed by atoms with Crippen molar-refractivity contribution in [3.63, 3.8) is 0 Å². The second kappa shape index (κ2) is 8.54. The van der Waals surface area contributed by atoms with E-state index in [9.17, 15) is 18.0 Å². The Labute approximate surface area is 180 Å². The molecule has 0 unspecified atom stereocenters. The molecule has 0 atom stereocenters. The van der Waals surface area contributed by atoms with Crippen molar-refractivity contribution in [2.24, 2.45) is 0 Å². The van der Waals surface area contributed by atoms with E-state index < -0.39 is 18.3 Å². The number of nitrogens with zero attached hydrogens (tertiary/aromatic N) is 4. The Kier molecular flexibility index (Phi) is 5.98. The summed E-state index contributed by atoms with van der Waals surface area (Å²) in [5, 5.41) is 8.94. The van der Waals surface area contributed by atoms with Crippen molar-refractivity contribution in [3.05, 3.63) is 45.3 Å². The minimum absolute atomic E-state index is 0.143. The Morgan fingerprint density at radius 1 is 1.10 bits per heavy atom. The Balaban J connectivity index is 1.66. The monoisotopic (exact) mass is 454 g/mol. The van der Waals surface area contributed by atoms with Gasteiger partial charge < -0.3 is 14.1 Å². The van der Waals surface area contributed by atoms with Gasteiger partial charge >= 0.3 is 11.8 Å². The van der Waals surface area contributed by atoms with Gasteiger partial charge in [0.05, 0.1) is 13.2 Å². The van der Waals surface area contributed by atoms with Crippen molar-refractivity contribution >= 4 is 28.7 Å². The van der Waals surface area contributed by atoms with E-state index in [1.54, 1.807) is 11.0 Å². The summed E-state index contributed by atoms with van der Waals surface area (Å²) in [5.41, 5.74) is 2.64. The molecule has 0 amide bonds. The lowest BCUT2D eigenvalue weighted by Crippen LogP contribution is -2.38. The van der Waals surface area contributed by atoms with Crippen molar-refractivity contribution < 1.29 is 22.3 Å². The number of anilines is 1. The largest absolute Gasteiger partial charge is 0.423 e. The number of aryl methyl sites for hydroxylation is 2. The van der Waals surface area contributed by atoms with Crippen LogP contribution in [0.1, 0.15) is 16.7 Å². The van der Waals surface area contributed by atoms with Gasteiger partial charge in [0.2, 0.25) is 5.95 Å². The second-order valence-corrected chi connectivity index (χ2v) is 8.34. The molecule has 0 N–H and O–H groups in total. The number of hydrogen-bond donors (Lipinski definition) is 0. The first-order valence-corrected chi connectivity index (χ1v) is 10.7. The van der Waals surface area contributed by atoms with Crippen LogP contribution in [0, 0.1) is 13.8 Å². The van der Waals surface area contributed by atoms with Gasteiger partial charge in [-0.15, -0.1) is 10.2 Å². The third-order valence-corrected chi connectivity index (χ3v) is 6.15. The molecule has 1 aliphatic rings. The summed E-state index contributed by atoms with van der Waals surface area (Å²) >= 11 is 1.11. The molecule has 31 heavy (non-hydrogen) atoms. The first-order valence-electron chi connectivity index (χ1n) is 9.71. The number of thioether (sulfide) groups is 1. The van der Waals surface area contributed by atoms with Crippen LogP contribution in [-0.2, 0) is 17.0 Å². The molecular formula is C20H21F3N4O3S. The Bertz CT molecular complexity index is 1150. The number of fused-ring (bicyclic) bond motifs is 1. The van der Waals surface area contributed by atoms with Gasteiger partial charge in [-0.1, -0.05) is 11.8 Å². The third-order valence-electron chi connectivity index (χ3n) is 5.13. The molecule has 166 valence electrons. The van der Waals surface area contributed by atoms with Crippen LogP contribution in [0.15, 0.2) is 32.6 Å². The van der Waals surface area contributed by atoms with Gasteiger partial charge in [0.1, 0.15) is 12.1 Å². The fourth-order valence-corrected chi connectivity index (χ4v) is 4.37. The van der Waals surface area contributed by atoms with E-state index in [-0.39, 0.29) is 16.9 Å². The summed E-state index contributed by atoms with van der Waals surface area (Å²) in [4.78, 5) is 13.7. The van der Waals surface area contributed by atoms with E-state index in [1.165, 1.54) is 6.07 Å². The molecule has 3 heterocycles. The van der Waals surface area contributed by atoms with E-state index >= 15 is 0 Å². The van der Waals surface area contributed by atoms with Gasteiger partial charge in [-0.25, -0.2) is 4.79 Å². The first kappa shape index (κ1) is 21.7. The number of aromatic nitrogens is 3. The topological polar surface area (TPSA) is 73.4 Å². The van der Waals surface area contributed by atoms with E-state index in [0.29, 0.717) is 37.4 Å². The number of halogens is 3. The van der Waals surface area contributed by atoms with Crippen molar-refractivity contribution in [3.8, 4) is 0 Å². The molecule has 2 aromatic heterocycles. The van der Waals surface area contributed by atoms with Crippen LogP contribution in [0.2, 0.25) is 0 Å². The van der Waals surface area contributed by atoms with Gasteiger partial charge in [0, 0.05) is 30.3 Å². The predicted octanol–water partition coefficient (Wildman–Crippen LogP) is 3.69. The molecule has 0 bridgehead atoms. The Morgan fingerprint density at radius 3 is 2.52 bits per heavy atom. The van der Waals surface area contributed by atoms with E-state index in [0.717, 1.165) is 32.8 Å². The summed E-state index contributed by atoms with van der Waals surface area (Å²) in [6.07, 6.45) is -4.42. The van der Waals surface area contributed by atoms with E-state index in [4.69, 9.17) is 9.15 Å². The minimum atomic E-state index is -4.42. The molecule has 7 nitrogen and oxygen atoms in total. The molecule has 0 spiro atoms. The van der Waals surface area contributed by atoms with Gasteiger partial charge in [-0.05, 0) is 42.7 Å². The highest BCUT2D eigenvalue weighted by molar-refractivity contribution is 7.98. The van der Waals surface area contributed by atoms with Gasteiger partial charge in [-0.3, -0.25) is 4.57 Å². The maximum atomic E-state index is 13.3. The van der Waals surface area contributed by atoms with Crippen LogP contribution >= 0.6 is 11.8 Å². The summed E-state index contributed by atoms with van der Waals surface area (Å²) in [6, 6.07) is 5.09. The number of rotatable bonds is 5. The number of hydrogen-bond acceptors (Lipinski definition) is 7. The highest BCUT2D eigenvalue weighted by Crippen LogP contribution is 2.31. The SMILES string of the molecule is Cc1cc2oc(=O)cc(CSc3nnc(N4CCOCC4)n3CC(F)(F)F)c2cc1C. The fraction of sp³-hybridized carbons (Fsp3) is 0.450. The van der Waals surface area contributed by atoms with Crippen LogP contribution in [-0.4, -0.2) is 47.2 Å². The molecule has 4 rings (SSSR count). The molecule has 1 saturated heterocycles. The number of morpholine rings is 1. The minimum Gasteiger partial charge on any atom is -0.423 e. The normalized spacial score (nSPS) is 15.1. The molecule has 0 saturated carbocycles. The number of ether oxygens (including phenoxy) is 1. The van der Waals surface area contributed by atoms with Crippen molar-refractivity contribution in [1.29, 1.82) is 0 Å². The highest BCUT2D eigenvalue weighted by atomic mass is 32.2. The molecule has 1 aliphatic heterocycles. The average Bonchev–Trinajstić information content (AvgIpc) is 3.09. The van der Waals surface area contributed by atoms with E-state index in [1.807, 2.05) is 19.9 Å². The van der Waals surface area contributed by atoms with Crippen molar-refractivity contribution in [1.82, 2.24) is 14.8 Å². The molecule has 11 heteroatoms. The average molecular weight is 454 g/mol. The lowest BCUT2D eigenvalue weighted by molar-refractivity contribution is -0.141. The summed E-state index contributed by atoms with van der Waals surface area (Å²) in [5.74, 6) is 0.427. The molecule has 0 aliphatic carbocycles. The zero-order valence-corrected chi connectivity index (χ0v) is 17.8. The second-order valence-electron chi connectivity index (χ2n) is 7.40. The van der Waals surface area contributed by atoms with Crippen LogP contribution in [0.5, 0.6) is 0 Å². The van der Waals surface area contributed by atoms with Crippen molar-refractivity contribution in [2.45, 2.75) is 37.5 Å². The molecular weight excluding hydrogens is 433 g/mol. The van der Waals surface area contributed by atoms with Crippen LogP contribution in [0.25, 0.3) is 11.0 Å². The zero-order valence-electron chi connectivity index (χ0n) is 17.0. The Morgan fingerprint density at radius 2 is 1.81 bits per heavy atom. The zero-order chi connectivity index (χ0) is 22.2. The number of alkyl halides is 3. The van der Waals surface area contributed by atoms with Crippen molar-refractivity contribution in [2.75, 3.05) is 31.2 Å². The maximum Gasteiger partial charge on any atom is 0.406 e. The lowest BCUT2D eigenvalue weighted by atomic mass is 10.0. The molecule has 1 fully saturated rings. The maximum absolute atomic E-state index is 13.3. The highest BCUT2D eigenvalue weighted by Gasteiger charge is 2.33. The van der Waals surface area contributed by atoms with Gasteiger partial charge in [-0.2, -0.15) is 13.2 Å². The van der Waals surface area contributed by atoms with Crippen LogP contribution in [0.4, 0.5) is 19.1 Å². The lowest BCUT2D eigenvalue weighted by Gasteiger charge is -2.28. The standard InChI is InChI=1S/C20H21F3N4O3S/c1-12-7-15-14(9-17(28)30-16(15)8-13(12)2)10-31-19-25-24-18(26-3-5-29-6-4-26)27(19)11-20(21,22)23/h7-9H,3-6,10-11H2,1-2H3. The van der Waals surface area contributed by atoms with Gasteiger partial charge in [0.25, 0.3) is 0 Å². The summed E-state index contributed by atoms with van der Waals surface area (Å²) in [6.45, 7) is 4.42. The number of benzene rings is 1. The molecule has 1 aromatic carbocycles. The Hall–Kier alpha value is -2.53. The quantitative estimate of drug-likeness (QED) is 0.430. The molecule has 3 aromatic rings. The predicted molar refractivity (Wildman–Crippen MR) is 111 cm³/mol. The van der Waals surface area contributed by atoms with Crippen LogP contribution < -0.4 is 10.5 Å². The smallest absolute Gasteiger partial charge is 0.406 e. The molecule has 0 radical (unpaired) electrons.